The van der Waals surface area contributed by atoms with E-state index in [-0.39, 0.29) is 37.5 Å². The Kier molecular flexibility index (Phi) is 48.5. The Hall–Kier alpha value is -3.93. The Morgan fingerprint density at radius 1 is 0.328 bits per heavy atom. The number of rotatable bonds is 45. The van der Waals surface area contributed by atoms with Gasteiger partial charge in [0.25, 0.3) is 0 Å². The van der Waals surface area contributed by atoms with Crippen LogP contribution < -0.4 is 0 Å². The molecule has 0 saturated carbocycles. The molecule has 0 radical (unpaired) electrons. The predicted molar refractivity (Wildman–Crippen MR) is 274 cm³/mol. The third kappa shape index (κ3) is 49.1. The highest BCUT2D eigenvalue weighted by molar-refractivity contribution is 5.71. The molecular weight excluding hydrogens is 793 g/mol. The summed E-state index contributed by atoms with van der Waals surface area (Å²) in [5, 5.41) is 0. The lowest BCUT2D eigenvalue weighted by atomic mass is 10.1. The molecule has 0 aliphatic carbocycles. The van der Waals surface area contributed by atoms with Crippen LogP contribution in [0.2, 0.25) is 0 Å². The van der Waals surface area contributed by atoms with Crippen molar-refractivity contribution >= 4 is 17.9 Å². The summed E-state index contributed by atoms with van der Waals surface area (Å²) in [6, 6.07) is 0. The van der Waals surface area contributed by atoms with Gasteiger partial charge >= 0.3 is 17.9 Å². The predicted octanol–water partition coefficient (Wildman–Crippen LogP) is 17.1. The molecule has 0 saturated heterocycles. The monoisotopic (exact) mass is 887 g/mol. The number of hydrogen-bond donors (Lipinski definition) is 0. The summed E-state index contributed by atoms with van der Waals surface area (Å²) in [6.07, 6.45) is 69.3. The largest absolute Gasteiger partial charge is 0.462 e. The lowest BCUT2D eigenvalue weighted by Gasteiger charge is -2.18. The molecule has 64 heavy (non-hydrogen) atoms. The summed E-state index contributed by atoms with van der Waals surface area (Å²) >= 11 is 0. The van der Waals surface area contributed by atoms with Gasteiger partial charge in [-0.1, -0.05) is 207 Å². The van der Waals surface area contributed by atoms with Gasteiger partial charge in [0.05, 0.1) is 0 Å². The molecule has 0 aliphatic heterocycles. The van der Waals surface area contributed by atoms with Crippen molar-refractivity contribution in [3.63, 3.8) is 0 Å². The van der Waals surface area contributed by atoms with Crippen LogP contribution in [0, 0.1) is 0 Å². The molecule has 0 rings (SSSR count). The first-order chi connectivity index (χ1) is 31.5. The number of ether oxygens (including phenoxy) is 3. The molecule has 0 aromatic rings. The Morgan fingerprint density at radius 2 is 0.625 bits per heavy atom. The van der Waals surface area contributed by atoms with E-state index < -0.39 is 6.10 Å². The minimum absolute atomic E-state index is 0.111. The zero-order valence-electron chi connectivity index (χ0n) is 41.3. The van der Waals surface area contributed by atoms with Gasteiger partial charge in [0, 0.05) is 19.3 Å². The van der Waals surface area contributed by atoms with E-state index in [1.807, 2.05) is 0 Å². The minimum Gasteiger partial charge on any atom is -0.462 e. The van der Waals surface area contributed by atoms with Gasteiger partial charge in [-0.05, 0) is 103 Å². The number of allylic oxidation sites excluding steroid dienone is 18. The first-order valence-electron chi connectivity index (χ1n) is 25.9. The second kappa shape index (κ2) is 51.7. The van der Waals surface area contributed by atoms with Crippen molar-refractivity contribution in [3.8, 4) is 0 Å². The first-order valence-corrected chi connectivity index (χ1v) is 25.9. The van der Waals surface area contributed by atoms with E-state index in [1.54, 1.807) is 0 Å². The normalized spacial score (nSPS) is 13.0. The Labute approximate surface area is 393 Å². The molecule has 0 amide bonds. The third-order valence-corrected chi connectivity index (χ3v) is 10.5. The molecule has 0 fully saturated rings. The summed E-state index contributed by atoms with van der Waals surface area (Å²) in [4.78, 5) is 37.9. The van der Waals surface area contributed by atoms with Crippen molar-refractivity contribution in [2.75, 3.05) is 13.2 Å². The first kappa shape index (κ1) is 60.1. The van der Waals surface area contributed by atoms with Gasteiger partial charge in [-0.15, -0.1) is 0 Å². The van der Waals surface area contributed by atoms with Crippen molar-refractivity contribution < 1.29 is 28.6 Å². The Balaban J connectivity index is 4.52. The fourth-order valence-electron chi connectivity index (χ4n) is 6.64. The maximum atomic E-state index is 12.8. The summed E-state index contributed by atoms with van der Waals surface area (Å²) < 4.78 is 16.7. The molecule has 0 aromatic carbocycles. The summed E-state index contributed by atoms with van der Waals surface area (Å²) in [5.74, 6) is -1.01. The van der Waals surface area contributed by atoms with Crippen LogP contribution in [0.15, 0.2) is 109 Å². The molecule has 0 aromatic heterocycles. The second-order valence-corrected chi connectivity index (χ2v) is 16.7. The molecular formula is C58H94O6. The van der Waals surface area contributed by atoms with E-state index in [4.69, 9.17) is 14.2 Å². The Bertz CT molecular complexity index is 1340. The molecule has 0 spiro atoms. The zero-order valence-corrected chi connectivity index (χ0v) is 41.3. The lowest BCUT2D eigenvalue weighted by molar-refractivity contribution is -0.167. The smallest absolute Gasteiger partial charge is 0.306 e. The molecule has 6 nitrogen and oxygen atoms in total. The number of hydrogen-bond acceptors (Lipinski definition) is 6. The minimum atomic E-state index is -0.819. The van der Waals surface area contributed by atoms with E-state index in [0.29, 0.717) is 19.3 Å². The summed E-state index contributed by atoms with van der Waals surface area (Å²) in [7, 11) is 0. The van der Waals surface area contributed by atoms with Crippen LogP contribution >= 0.6 is 0 Å². The van der Waals surface area contributed by atoms with Gasteiger partial charge in [0.1, 0.15) is 13.2 Å². The third-order valence-electron chi connectivity index (χ3n) is 10.5. The van der Waals surface area contributed by atoms with Crippen LogP contribution in [0.4, 0.5) is 0 Å². The average Bonchev–Trinajstić information content (AvgIpc) is 3.29. The van der Waals surface area contributed by atoms with Gasteiger partial charge < -0.3 is 14.2 Å². The molecule has 6 heteroatoms. The van der Waals surface area contributed by atoms with Gasteiger partial charge in [0.15, 0.2) is 6.10 Å². The van der Waals surface area contributed by atoms with Crippen LogP contribution in [-0.2, 0) is 28.6 Å². The standard InChI is InChI=1S/C58H94O6/c1-4-7-10-13-16-19-22-24-26-28-29-31-32-34-36-39-42-45-48-51-57(60)63-54-55(53-62-56(59)50-47-44-41-38-21-18-15-12-9-6-3)64-58(61)52-49-46-43-40-37-35-33-30-27-25-23-20-17-14-11-8-5-2/h7,10,16-17,19-20,24-27,29,31,33-36,40,43,55H,4-6,8-9,11-15,18,21-23,28,30,32,37-39,41-42,44-54H2,1-3H3/b10-7-,19-16-,20-17-,26-24-,27-25-,31-29-,35-33-,36-34-,43-40-. The van der Waals surface area contributed by atoms with Gasteiger partial charge in [-0.3, -0.25) is 14.4 Å². The highest BCUT2D eigenvalue weighted by Gasteiger charge is 2.19. The zero-order chi connectivity index (χ0) is 46.5. The molecule has 1 atom stereocenters. The van der Waals surface area contributed by atoms with Crippen LogP contribution in [0.3, 0.4) is 0 Å². The van der Waals surface area contributed by atoms with Crippen LogP contribution in [-0.4, -0.2) is 37.2 Å². The van der Waals surface area contributed by atoms with E-state index in [1.165, 1.54) is 70.6 Å². The van der Waals surface area contributed by atoms with Crippen molar-refractivity contribution in [2.45, 2.75) is 226 Å². The second-order valence-electron chi connectivity index (χ2n) is 16.7. The lowest BCUT2D eigenvalue weighted by Crippen LogP contribution is -2.30. The molecule has 0 N–H and O–H groups in total. The molecule has 0 heterocycles. The summed E-state index contributed by atoms with van der Waals surface area (Å²) in [5.41, 5.74) is 0. The van der Waals surface area contributed by atoms with Crippen LogP contribution in [0.1, 0.15) is 220 Å². The maximum absolute atomic E-state index is 12.8. The SMILES string of the molecule is CC/C=C\C/C=C\C/C=C\C/C=C\C/C=C\CCCCCC(=O)OCC(COC(=O)CCCCCCCCCCCC)OC(=O)CCC/C=C\C/C=C\C/C=C\C/C=C\CCCCC. The van der Waals surface area contributed by atoms with Crippen molar-refractivity contribution in [2.24, 2.45) is 0 Å². The molecule has 0 aliphatic rings. The highest BCUT2D eigenvalue weighted by atomic mass is 16.6. The van der Waals surface area contributed by atoms with E-state index >= 15 is 0 Å². The van der Waals surface area contributed by atoms with Crippen molar-refractivity contribution in [1.82, 2.24) is 0 Å². The van der Waals surface area contributed by atoms with Gasteiger partial charge in [-0.2, -0.15) is 0 Å². The highest BCUT2D eigenvalue weighted by Crippen LogP contribution is 2.13. The van der Waals surface area contributed by atoms with Crippen LogP contribution in [0.5, 0.6) is 0 Å². The molecule has 0 bridgehead atoms. The Morgan fingerprint density at radius 3 is 1.03 bits per heavy atom. The topological polar surface area (TPSA) is 78.9 Å². The number of esters is 3. The molecule has 1 unspecified atom stereocenters. The van der Waals surface area contributed by atoms with E-state index in [2.05, 4.69) is 130 Å². The van der Waals surface area contributed by atoms with Crippen molar-refractivity contribution in [1.29, 1.82) is 0 Å². The van der Waals surface area contributed by atoms with Crippen LogP contribution in [0.25, 0.3) is 0 Å². The number of carbonyl (C=O) groups excluding carboxylic acids is 3. The van der Waals surface area contributed by atoms with E-state index in [9.17, 15) is 14.4 Å². The number of carbonyl (C=O) groups is 3. The molecule has 362 valence electrons. The number of unbranched alkanes of at least 4 members (excludes halogenated alkanes) is 16. The van der Waals surface area contributed by atoms with E-state index in [0.717, 1.165) is 103 Å². The fourth-order valence-corrected chi connectivity index (χ4v) is 6.64. The maximum Gasteiger partial charge on any atom is 0.306 e. The fraction of sp³-hybridized carbons (Fsp3) is 0.638. The average molecular weight is 887 g/mol. The quantitative estimate of drug-likeness (QED) is 0.0262. The van der Waals surface area contributed by atoms with Crippen molar-refractivity contribution in [3.05, 3.63) is 109 Å². The van der Waals surface area contributed by atoms with Gasteiger partial charge in [-0.25, -0.2) is 0 Å². The summed E-state index contributed by atoms with van der Waals surface area (Å²) in [6.45, 7) is 6.39. The van der Waals surface area contributed by atoms with Gasteiger partial charge in [0.2, 0.25) is 0 Å².